The van der Waals surface area contributed by atoms with Crippen LogP contribution in [0.4, 0.5) is 27.7 Å². The summed E-state index contributed by atoms with van der Waals surface area (Å²) in [5, 5.41) is 8.32. The molecule has 0 bridgehead atoms. The first-order valence-electron chi connectivity index (χ1n) is 13.4. The molecule has 1 saturated heterocycles. The van der Waals surface area contributed by atoms with E-state index in [9.17, 15) is 4.79 Å². The van der Waals surface area contributed by atoms with Gasteiger partial charge in [-0.3, -0.25) is 9.69 Å². The van der Waals surface area contributed by atoms with Gasteiger partial charge < -0.3 is 20.3 Å². The van der Waals surface area contributed by atoms with Crippen molar-refractivity contribution in [3.63, 3.8) is 0 Å². The number of aromatic nitrogens is 3. The monoisotopic (exact) mass is 543 g/mol. The molecule has 4 aromatic rings. The van der Waals surface area contributed by atoms with Gasteiger partial charge >= 0.3 is 0 Å². The van der Waals surface area contributed by atoms with E-state index in [1.54, 1.807) is 36.5 Å². The number of hydrogen-bond acceptors (Lipinski definition) is 8. The largest absolute Gasteiger partial charge is 0.383 e. The van der Waals surface area contributed by atoms with Crippen LogP contribution in [0.2, 0.25) is 0 Å². The average molecular weight is 544 g/mol. The molecular formula is C30H34FN7O2. The second kappa shape index (κ2) is 12.4. The summed E-state index contributed by atoms with van der Waals surface area (Å²) < 4.78 is 20.7. The number of piperidine rings is 1. The molecular weight excluding hydrogens is 509 g/mol. The first kappa shape index (κ1) is 27.4. The van der Waals surface area contributed by atoms with Crippen molar-refractivity contribution < 1.29 is 13.9 Å². The molecule has 0 saturated carbocycles. The van der Waals surface area contributed by atoms with Gasteiger partial charge in [-0.15, -0.1) is 0 Å². The lowest BCUT2D eigenvalue weighted by molar-refractivity contribution is 0.0968. The van der Waals surface area contributed by atoms with E-state index >= 15 is 4.39 Å². The van der Waals surface area contributed by atoms with Gasteiger partial charge in [-0.05, 0) is 67.6 Å². The van der Waals surface area contributed by atoms with Crippen molar-refractivity contribution in [1.82, 2.24) is 20.3 Å². The van der Waals surface area contributed by atoms with Crippen LogP contribution in [0.3, 0.4) is 0 Å². The third kappa shape index (κ3) is 5.88. The van der Waals surface area contributed by atoms with Gasteiger partial charge in [0.15, 0.2) is 0 Å². The number of likely N-dealkylation sites (N-methyl/N-ethyl adjacent to an activating group) is 1. The number of halogens is 1. The molecule has 208 valence electrons. The normalized spacial score (nSPS) is 15.2. The molecule has 2 aromatic carbocycles. The Bertz CT molecular complexity index is 1490. The smallest absolute Gasteiger partial charge is 0.262 e. The van der Waals surface area contributed by atoms with Crippen LogP contribution in [0.25, 0.3) is 10.8 Å². The Labute approximate surface area is 233 Å². The molecule has 0 radical (unpaired) electrons. The van der Waals surface area contributed by atoms with Gasteiger partial charge in [0.05, 0.1) is 18.2 Å². The highest BCUT2D eigenvalue weighted by Gasteiger charge is 2.31. The zero-order valence-electron chi connectivity index (χ0n) is 23.0. The van der Waals surface area contributed by atoms with E-state index in [4.69, 9.17) is 4.74 Å². The van der Waals surface area contributed by atoms with Crippen LogP contribution in [-0.2, 0) is 4.74 Å². The highest BCUT2D eigenvalue weighted by atomic mass is 19.1. The summed E-state index contributed by atoms with van der Waals surface area (Å²) in [6.07, 6.45) is 5.06. The second-order valence-electron chi connectivity index (χ2n) is 9.96. The van der Waals surface area contributed by atoms with Crippen molar-refractivity contribution in [1.29, 1.82) is 0 Å². The standard InChI is InChI=1S/C30H34FN7O2/c1-20-6-4-7-21-11-14-33-28(27(20)21)38(23-8-5-13-32-19-23)29(39)24-10-9-22(18-25(24)31)35-30-34-15-12-26(36-30)37(2)16-17-40-3/h4,6-7,9-12,14-15,18,23,32H,5,8,13,16-17,19H2,1-3H3,(H,34,35,36)/t23-/m1/s1. The highest BCUT2D eigenvalue weighted by Crippen LogP contribution is 2.32. The SMILES string of the molecule is COCCN(C)c1ccnc(Nc2ccc(C(=O)N(c3nccc4cccc(C)c34)[C@@H]3CCCNC3)c(F)c2)n1. The Kier molecular flexibility index (Phi) is 8.47. The van der Waals surface area contributed by atoms with E-state index in [0.29, 0.717) is 43.0 Å². The zero-order valence-corrected chi connectivity index (χ0v) is 23.0. The van der Waals surface area contributed by atoms with E-state index in [-0.39, 0.29) is 11.6 Å². The van der Waals surface area contributed by atoms with Crippen molar-refractivity contribution in [2.24, 2.45) is 0 Å². The van der Waals surface area contributed by atoms with Crippen molar-refractivity contribution in [2.45, 2.75) is 25.8 Å². The number of pyridine rings is 1. The lowest BCUT2D eigenvalue weighted by Gasteiger charge is -2.35. The molecule has 3 heterocycles. The average Bonchev–Trinajstić information content (AvgIpc) is 2.97. The molecule has 1 fully saturated rings. The summed E-state index contributed by atoms with van der Waals surface area (Å²) in [5.41, 5.74) is 1.44. The first-order valence-corrected chi connectivity index (χ1v) is 13.4. The fourth-order valence-electron chi connectivity index (χ4n) is 5.05. The number of ether oxygens (including phenoxy) is 1. The summed E-state index contributed by atoms with van der Waals surface area (Å²) in [6, 6.07) is 14.0. The zero-order chi connectivity index (χ0) is 28.1. The third-order valence-electron chi connectivity index (χ3n) is 7.18. The molecule has 10 heteroatoms. The van der Waals surface area contributed by atoms with Crippen molar-refractivity contribution in [3.8, 4) is 0 Å². The summed E-state index contributed by atoms with van der Waals surface area (Å²) in [6.45, 7) is 4.73. The number of fused-ring (bicyclic) bond motifs is 1. The molecule has 1 atom stereocenters. The van der Waals surface area contributed by atoms with Crippen LogP contribution in [-0.4, -0.2) is 67.3 Å². The Morgan fingerprint density at radius 3 is 2.80 bits per heavy atom. The van der Waals surface area contributed by atoms with Gasteiger partial charge in [-0.1, -0.05) is 18.2 Å². The lowest BCUT2D eigenvalue weighted by atomic mass is 10.0. The Balaban J connectivity index is 1.44. The number of anilines is 4. The number of rotatable bonds is 9. The number of methoxy groups -OCH3 is 1. The maximum atomic E-state index is 15.6. The van der Waals surface area contributed by atoms with Gasteiger partial charge in [0.2, 0.25) is 5.95 Å². The number of benzene rings is 2. The van der Waals surface area contributed by atoms with E-state index in [0.717, 1.165) is 35.7 Å². The van der Waals surface area contributed by atoms with Gasteiger partial charge in [0, 0.05) is 50.7 Å². The number of nitrogens with one attached hydrogen (secondary N) is 2. The van der Waals surface area contributed by atoms with Crippen LogP contribution in [0.1, 0.15) is 28.8 Å². The Hall–Kier alpha value is -4.15. The molecule has 9 nitrogen and oxygen atoms in total. The fourth-order valence-corrected chi connectivity index (χ4v) is 5.05. The van der Waals surface area contributed by atoms with Crippen molar-refractivity contribution in [3.05, 3.63) is 77.9 Å². The van der Waals surface area contributed by atoms with Gasteiger partial charge in [0.1, 0.15) is 17.5 Å². The molecule has 2 N–H and O–H groups in total. The lowest BCUT2D eigenvalue weighted by Crippen LogP contribution is -2.49. The Morgan fingerprint density at radius 2 is 2.02 bits per heavy atom. The van der Waals surface area contributed by atoms with Crippen LogP contribution in [0, 0.1) is 12.7 Å². The van der Waals surface area contributed by atoms with Crippen molar-refractivity contribution >= 4 is 40.0 Å². The molecule has 5 rings (SSSR count). The number of amides is 1. The molecule has 2 aromatic heterocycles. The first-order chi connectivity index (χ1) is 19.5. The minimum Gasteiger partial charge on any atom is -0.383 e. The molecule has 1 aliphatic heterocycles. The number of nitrogens with zero attached hydrogens (tertiary/aromatic N) is 5. The summed E-state index contributed by atoms with van der Waals surface area (Å²) in [7, 11) is 3.56. The van der Waals surface area contributed by atoms with Gasteiger partial charge in [-0.2, -0.15) is 4.98 Å². The van der Waals surface area contributed by atoms with E-state index in [1.165, 1.54) is 12.1 Å². The number of hydrogen-bond donors (Lipinski definition) is 2. The van der Waals surface area contributed by atoms with E-state index in [1.807, 2.05) is 43.1 Å². The summed E-state index contributed by atoms with van der Waals surface area (Å²) in [5.74, 6) is 0.536. The number of carbonyl (C=O) groups is 1. The van der Waals surface area contributed by atoms with E-state index in [2.05, 4.69) is 25.6 Å². The second-order valence-corrected chi connectivity index (χ2v) is 9.96. The van der Waals surface area contributed by atoms with E-state index < -0.39 is 11.7 Å². The summed E-state index contributed by atoms with van der Waals surface area (Å²) in [4.78, 5) is 31.1. The fraction of sp³-hybridized carbons (Fsp3) is 0.333. The minimum absolute atomic E-state index is 0.0162. The molecule has 0 aliphatic carbocycles. The van der Waals surface area contributed by atoms with Crippen LogP contribution >= 0.6 is 0 Å². The maximum absolute atomic E-state index is 15.6. The predicted octanol–water partition coefficient (Wildman–Crippen LogP) is 4.70. The maximum Gasteiger partial charge on any atom is 0.262 e. The highest BCUT2D eigenvalue weighted by molar-refractivity contribution is 6.11. The Morgan fingerprint density at radius 1 is 1.18 bits per heavy atom. The molecule has 0 unspecified atom stereocenters. The quantitative estimate of drug-likeness (QED) is 0.314. The van der Waals surface area contributed by atoms with Crippen LogP contribution in [0.15, 0.2) is 60.9 Å². The van der Waals surface area contributed by atoms with Gasteiger partial charge in [-0.25, -0.2) is 14.4 Å². The van der Waals surface area contributed by atoms with Crippen LogP contribution < -0.4 is 20.4 Å². The molecule has 0 spiro atoms. The third-order valence-corrected chi connectivity index (χ3v) is 7.18. The summed E-state index contributed by atoms with van der Waals surface area (Å²) >= 11 is 0. The molecule has 1 aliphatic rings. The topological polar surface area (TPSA) is 95.5 Å². The minimum atomic E-state index is -0.630. The molecule has 1 amide bonds. The van der Waals surface area contributed by atoms with Crippen LogP contribution in [0.5, 0.6) is 0 Å². The number of carbonyl (C=O) groups excluding carboxylic acids is 1. The van der Waals surface area contributed by atoms with Crippen molar-refractivity contribution in [2.75, 3.05) is 55.5 Å². The molecule has 40 heavy (non-hydrogen) atoms. The van der Waals surface area contributed by atoms with Gasteiger partial charge in [0.25, 0.3) is 5.91 Å². The number of aryl methyl sites for hydroxylation is 1. The predicted molar refractivity (Wildman–Crippen MR) is 156 cm³/mol.